The van der Waals surface area contributed by atoms with E-state index in [0.29, 0.717) is 23.5 Å². The van der Waals surface area contributed by atoms with Crippen LogP contribution in [-0.2, 0) is 6.54 Å². The molecule has 1 fully saturated rings. The van der Waals surface area contributed by atoms with Crippen molar-refractivity contribution in [1.29, 1.82) is 0 Å². The zero-order valence-corrected chi connectivity index (χ0v) is 25.6. The van der Waals surface area contributed by atoms with Crippen LogP contribution in [0.2, 0.25) is 0 Å². The Labute approximate surface area is 271 Å². The van der Waals surface area contributed by atoms with Gasteiger partial charge < -0.3 is 16.2 Å². The summed E-state index contributed by atoms with van der Waals surface area (Å²) in [4.78, 5) is 40.4. The number of imidazole rings is 1. The van der Waals surface area contributed by atoms with Crippen LogP contribution in [0.25, 0.3) is 39.5 Å². The lowest BCUT2D eigenvalue weighted by molar-refractivity contribution is 0.0908. The van der Waals surface area contributed by atoms with Crippen molar-refractivity contribution in [3.05, 3.63) is 120 Å². The highest BCUT2D eigenvalue weighted by Crippen LogP contribution is 2.32. The van der Waals surface area contributed by atoms with E-state index in [1.165, 1.54) is 17.7 Å². The van der Waals surface area contributed by atoms with Gasteiger partial charge in [-0.15, -0.1) is 0 Å². The SMILES string of the molecule is Nc1ncccc1-c1nc2ccc(-c3ccccc3)nc2n1-c1ccc(CN2CCC(NC(=O)c3ccc(C=O)c(O)c3)CC2)cc1. The first-order chi connectivity index (χ1) is 23.0. The van der Waals surface area contributed by atoms with Crippen molar-refractivity contribution in [2.45, 2.75) is 25.4 Å². The number of nitrogens with two attached hydrogens (primary N) is 1. The Kier molecular flexibility index (Phi) is 8.16. The summed E-state index contributed by atoms with van der Waals surface area (Å²) in [7, 11) is 0. The summed E-state index contributed by atoms with van der Waals surface area (Å²) in [6.07, 6.45) is 3.86. The molecule has 1 aliphatic heterocycles. The number of aromatic hydroxyl groups is 1. The van der Waals surface area contributed by atoms with Gasteiger partial charge in [-0.3, -0.25) is 19.1 Å². The fraction of sp³-hybridized carbons (Fsp3) is 0.162. The number of nitrogens with one attached hydrogen (secondary N) is 1. The lowest BCUT2D eigenvalue weighted by atomic mass is 10.0. The molecular formula is C37H33N7O3. The number of carbonyl (C=O) groups excluding carboxylic acids is 2. The highest BCUT2D eigenvalue weighted by molar-refractivity contribution is 5.96. The molecule has 0 saturated carbocycles. The largest absolute Gasteiger partial charge is 0.507 e. The van der Waals surface area contributed by atoms with E-state index in [0.717, 1.165) is 66.1 Å². The first-order valence-electron chi connectivity index (χ1n) is 15.5. The number of rotatable bonds is 8. The number of fused-ring (bicyclic) bond motifs is 1. The number of aromatic nitrogens is 4. The minimum absolute atomic E-state index is 0.0372. The summed E-state index contributed by atoms with van der Waals surface area (Å²) in [5.41, 5.74) is 13.0. The van der Waals surface area contributed by atoms with Crippen LogP contribution in [0.15, 0.2) is 103 Å². The van der Waals surface area contributed by atoms with E-state index < -0.39 is 0 Å². The van der Waals surface area contributed by atoms with Crippen molar-refractivity contribution in [3.8, 4) is 34.1 Å². The molecule has 0 atom stereocenters. The van der Waals surface area contributed by atoms with Crippen LogP contribution < -0.4 is 11.1 Å². The smallest absolute Gasteiger partial charge is 0.251 e. The second kappa shape index (κ2) is 12.9. The van der Waals surface area contributed by atoms with E-state index in [1.807, 2.05) is 59.2 Å². The minimum atomic E-state index is -0.253. The van der Waals surface area contributed by atoms with Crippen molar-refractivity contribution >= 4 is 29.2 Å². The Morgan fingerprint density at radius 1 is 0.936 bits per heavy atom. The van der Waals surface area contributed by atoms with Crippen LogP contribution in [0.1, 0.15) is 39.1 Å². The van der Waals surface area contributed by atoms with Crippen molar-refractivity contribution in [2.24, 2.45) is 0 Å². The van der Waals surface area contributed by atoms with Gasteiger partial charge in [0.2, 0.25) is 0 Å². The topological polar surface area (TPSA) is 139 Å². The highest BCUT2D eigenvalue weighted by atomic mass is 16.3. The van der Waals surface area contributed by atoms with Crippen molar-refractivity contribution < 1.29 is 14.7 Å². The number of phenols is 1. The predicted molar refractivity (Wildman–Crippen MR) is 181 cm³/mol. The number of hydrogen-bond acceptors (Lipinski definition) is 8. The van der Waals surface area contributed by atoms with Gasteiger partial charge >= 0.3 is 0 Å². The lowest BCUT2D eigenvalue weighted by Crippen LogP contribution is -2.44. The molecule has 1 amide bonds. The molecule has 7 rings (SSSR count). The van der Waals surface area contributed by atoms with E-state index in [4.69, 9.17) is 15.7 Å². The second-order valence-corrected chi connectivity index (χ2v) is 11.7. The molecule has 4 heterocycles. The summed E-state index contributed by atoms with van der Waals surface area (Å²) in [5, 5.41) is 13.0. The maximum Gasteiger partial charge on any atom is 0.251 e. The number of amides is 1. The zero-order valence-electron chi connectivity index (χ0n) is 25.6. The number of likely N-dealkylation sites (tertiary alicyclic amines) is 1. The lowest BCUT2D eigenvalue weighted by Gasteiger charge is -2.32. The van der Waals surface area contributed by atoms with Crippen molar-refractivity contribution in [3.63, 3.8) is 0 Å². The normalized spacial score (nSPS) is 13.9. The summed E-state index contributed by atoms with van der Waals surface area (Å²) in [6.45, 7) is 2.46. The Morgan fingerprint density at radius 2 is 1.72 bits per heavy atom. The first kappa shape index (κ1) is 29.8. The molecule has 1 aliphatic rings. The number of aldehydes is 1. The fourth-order valence-electron chi connectivity index (χ4n) is 6.06. The van der Waals surface area contributed by atoms with Crippen molar-refractivity contribution in [2.75, 3.05) is 18.8 Å². The van der Waals surface area contributed by atoms with Gasteiger partial charge in [-0.1, -0.05) is 42.5 Å². The number of nitrogen functional groups attached to an aromatic ring is 1. The average Bonchev–Trinajstić information content (AvgIpc) is 3.48. The molecule has 4 N–H and O–H groups in total. The van der Waals surface area contributed by atoms with Crippen LogP contribution in [0, 0.1) is 0 Å². The number of anilines is 1. The monoisotopic (exact) mass is 623 g/mol. The fourth-order valence-corrected chi connectivity index (χ4v) is 6.06. The van der Waals surface area contributed by atoms with Gasteiger partial charge in [0.05, 0.1) is 16.8 Å². The standard InChI is InChI=1S/C37H33N7O3/c38-34-30(7-4-18-39-34)35-42-32-15-14-31(25-5-2-1-3-6-25)41-36(32)44(35)29-12-8-24(9-13-29)22-43-19-16-28(17-20-43)40-37(47)26-10-11-27(23-45)33(46)21-26/h1-15,18,21,23,28,46H,16-17,19-20,22H2,(H2,38,39)(H,40,47). The highest BCUT2D eigenvalue weighted by Gasteiger charge is 2.23. The van der Waals surface area contributed by atoms with E-state index in [2.05, 4.69) is 39.5 Å². The molecule has 0 bridgehead atoms. The summed E-state index contributed by atoms with van der Waals surface area (Å²) >= 11 is 0. The molecule has 10 nitrogen and oxygen atoms in total. The summed E-state index contributed by atoms with van der Waals surface area (Å²) in [6, 6.07) is 30.6. The number of nitrogens with zero attached hydrogens (tertiary/aromatic N) is 5. The van der Waals surface area contributed by atoms with E-state index in [-0.39, 0.29) is 23.3 Å². The molecule has 1 saturated heterocycles. The van der Waals surface area contributed by atoms with Gasteiger partial charge in [0.1, 0.15) is 17.1 Å². The van der Waals surface area contributed by atoms with Crippen LogP contribution in [-0.4, -0.2) is 60.9 Å². The van der Waals surface area contributed by atoms with E-state index in [9.17, 15) is 14.7 Å². The Morgan fingerprint density at radius 3 is 2.45 bits per heavy atom. The number of piperidine rings is 1. The zero-order chi connectivity index (χ0) is 32.3. The molecule has 234 valence electrons. The van der Waals surface area contributed by atoms with Gasteiger partial charge in [0.25, 0.3) is 5.91 Å². The van der Waals surface area contributed by atoms with Crippen LogP contribution in [0.4, 0.5) is 5.82 Å². The van der Waals surface area contributed by atoms with E-state index in [1.54, 1.807) is 12.3 Å². The molecule has 47 heavy (non-hydrogen) atoms. The first-order valence-corrected chi connectivity index (χ1v) is 15.5. The number of phenolic OH excluding ortho intramolecular Hbond substituents is 1. The predicted octanol–water partition coefficient (Wildman–Crippen LogP) is 5.64. The summed E-state index contributed by atoms with van der Waals surface area (Å²) in [5.74, 6) is 0.629. The van der Waals surface area contributed by atoms with Gasteiger partial charge in [0.15, 0.2) is 17.8 Å². The number of hydrogen-bond donors (Lipinski definition) is 3. The molecule has 3 aromatic carbocycles. The van der Waals surface area contributed by atoms with Gasteiger partial charge in [-0.2, -0.15) is 0 Å². The third kappa shape index (κ3) is 6.18. The van der Waals surface area contributed by atoms with Crippen molar-refractivity contribution in [1.82, 2.24) is 29.7 Å². The molecule has 3 aromatic heterocycles. The van der Waals surface area contributed by atoms with Crippen LogP contribution in [0.5, 0.6) is 5.75 Å². The molecule has 0 spiro atoms. The maximum absolute atomic E-state index is 12.7. The molecule has 0 unspecified atom stereocenters. The summed E-state index contributed by atoms with van der Waals surface area (Å²) < 4.78 is 2.04. The average molecular weight is 624 g/mol. The number of benzene rings is 3. The third-order valence-electron chi connectivity index (χ3n) is 8.60. The Balaban J connectivity index is 1.08. The minimum Gasteiger partial charge on any atom is -0.507 e. The molecule has 6 aromatic rings. The second-order valence-electron chi connectivity index (χ2n) is 11.7. The maximum atomic E-state index is 12.7. The van der Waals surface area contributed by atoms with Crippen LogP contribution >= 0.6 is 0 Å². The Bertz CT molecular complexity index is 2070. The van der Waals surface area contributed by atoms with Gasteiger partial charge in [-0.05, 0) is 73.0 Å². The molecule has 0 aliphatic carbocycles. The number of carbonyl (C=O) groups is 2. The Hall–Kier alpha value is -5.87. The van der Waals surface area contributed by atoms with E-state index >= 15 is 0 Å². The third-order valence-corrected chi connectivity index (χ3v) is 8.60. The van der Waals surface area contributed by atoms with Gasteiger partial charge in [0, 0.05) is 48.7 Å². The van der Waals surface area contributed by atoms with Crippen LogP contribution in [0.3, 0.4) is 0 Å². The number of pyridine rings is 2. The van der Waals surface area contributed by atoms with Gasteiger partial charge in [-0.25, -0.2) is 15.0 Å². The molecule has 10 heteroatoms. The quantitative estimate of drug-likeness (QED) is 0.185. The molecule has 0 radical (unpaired) electrons. The molecular weight excluding hydrogens is 590 g/mol.